The maximum absolute atomic E-state index is 13.1. The van der Waals surface area contributed by atoms with Crippen LogP contribution in [0.2, 0.25) is 5.02 Å². The molecule has 1 aromatic rings. The lowest BCUT2D eigenvalue weighted by Crippen LogP contribution is -2.40. The third-order valence-corrected chi connectivity index (χ3v) is 6.18. The van der Waals surface area contributed by atoms with Crippen molar-refractivity contribution in [2.24, 2.45) is 5.92 Å². The smallest absolute Gasteiger partial charge is 0.370 e. The molecule has 0 atom stereocenters. The molecule has 1 fully saturated rings. The molecule has 1 aromatic carbocycles. The fourth-order valence-electron chi connectivity index (χ4n) is 2.99. The van der Waals surface area contributed by atoms with Gasteiger partial charge in [0.1, 0.15) is 12.5 Å². The Morgan fingerprint density at radius 1 is 1.13 bits per heavy atom. The van der Waals surface area contributed by atoms with Gasteiger partial charge in [0, 0.05) is 30.2 Å². The van der Waals surface area contributed by atoms with Crippen LogP contribution >= 0.6 is 11.6 Å². The van der Waals surface area contributed by atoms with Crippen LogP contribution in [0.15, 0.2) is 17.0 Å². The molecule has 172 valence electrons. The molecule has 2 rings (SSSR count). The number of ether oxygens (including phenoxy) is 1. The molecule has 0 aliphatic heterocycles. The predicted octanol–water partition coefficient (Wildman–Crippen LogP) is 3.58. The summed E-state index contributed by atoms with van der Waals surface area (Å²) in [4.78, 5) is 36.2. The Labute approximate surface area is 178 Å². The van der Waals surface area contributed by atoms with E-state index in [4.69, 9.17) is 11.6 Å². The molecule has 1 aliphatic carbocycles. The second-order valence-corrected chi connectivity index (χ2v) is 9.32. The molecule has 1 saturated carbocycles. The van der Waals surface area contributed by atoms with Crippen molar-refractivity contribution >= 4 is 38.8 Å². The summed E-state index contributed by atoms with van der Waals surface area (Å²) in [5, 5.41) is -0.616. The van der Waals surface area contributed by atoms with Gasteiger partial charge in [0.15, 0.2) is 27.2 Å². The molecule has 0 spiro atoms. The van der Waals surface area contributed by atoms with E-state index in [0.29, 0.717) is 0 Å². The van der Waals surface area contributed by atoms with Gasteiger partial charge in [-0.2, -0.15) is 22.0 Å². The first-order valence-electron chi connectivity index (χ1n) is 8.71. The van der Waals surface area contributed by atoms with Crippen LogP contribution < -0.4 is 0 Å². The Morgan fingerprint density at radius 2 is 1.68 bits per heavy atom. The van der Waals surface area contributed by atoms with Crippen molar-refractivity contribution in [1.29, 1.82) is 0 Å². The number of carbonyl (C=O) groups excluding carboxylic acids is 3. The molecule has 1 aliphatic rings. The van der Waals surface area contributed by atoms with E-state index < -0.39 is 79.5 Å². The number of rotatable bonds is 7. The van der Waals surface area contributed by atoms with E-state index in [0.717, 1.165) is 18.4 Å². The minimum Gasteiger partial charge on any atom is -0.370 e. The predicted molar refractivity (Wildman–Crippen MR) is 96.9 cm³/mol. The third kappa shape index (κ3) is 5.47. The van der Waals surface area contributed by atoms with Crippen LogP contribution in [-0.2, 0) is 30.8 Å². The minimum atomic E-state index is -5.89. The lowest BCUT2D eigenvalue weighted by Gasteiger charge is -2.21. The van der Waals surface area contributed by atoms with E-state index in [1.165, 1.54) is 0 Å². The van der Waals surface area contributed by atoms with Crippen molar-refractivity contribution in [2.75, 3.05) is 12.9 Å². The molecule has 6 nitrogen and oxygen atoms in total. The monoisotopic (exact) mass is 490 g/mol. The number of Topliss-reactive ketones (excluding diaryl/α,β-unsaturated/α-hetero) is 3. The number of ketones is 3. The SMILES string of the molecule is CS(=O)(=O)c1ccc(C(=O)C2C(=O)CCCC2=O)c(Cl)c1COCC(F)(F)C(F)(F)F. The maximum atomic E-state index is 13.1. The number of carbonyl (C=O) groups is 3. The minimum absolute atomic E-state index is 0.0241. The highest BCUT2D eigenvalue weighted by Gasteiger charge is 2.57. The summed E-state index contributed by atoms with van der Waals surface area (Å²) < 4.78 is 91.4. The van der Waals surface area contributed by atoms with Crippen LogP contribution in [0.25, 0.3) is 0 Å². The van der Waals surface area contributed by atoms with Crippen LogP contribution in [0.5, 0.6) is 0 Å². The molecule has 0 saturated heterocycles. The Morgan fingerprint density at radius 3 is 2.16 bits per heavy atom. The average molecular weight is 491 g/mol. The molecule has 31 heavy (non-hydrogen) atoms. The Balaban J connectivity index is 2.43. The highest BCUT2D eigenvalue weighted by molar-refractivity contribution is 7.90. The van der Waals surface area contributed by atoms with Gasteiger partial charge in [-0.1, -0.05) is 11.6 Å². The van der Waals surface area contributed by atoms with Crippen LogP contribution in [0.4, 0.5) is 22.0 Å². The standard InChI is InChI=1S/C18H16ClF5O6S/c1-31(28,29)13-6-5-9(16(27)14-11(25)3-2-4-12(14)26)15(19)10(13)7-30-8-17(20,21)18(22,23)24/h5-6,14H,2-4,7-8H2,1H3. The number of halogens is 6. The van der Waals surface area contributed by atoms with E-state index >= 15 is 0 Å². The summed E-state index contributed by atoms with van der Waals surface area (Å²) in [7, 11) is -4.06. The Kier molecular flexibility index (Phi) is 7.28. The van der Waals surface area contributed by atoms with E-state index in [1.54, 1.807) is 0 Å². The molecule has 0 heterocycles. The highest BCUT2D eigenvalue weighted by Crippen LogP contribution is 2.37. The Hall–Kier alpha value is -1.92. The number of benzene rings is 1. The summed E-state index contributed by atoms with van der Waals surface area (Å²) in [5.41, 5.74) is -0.979. The molecule has 0 N–H and O–H groups in total. The Bertz CT molecular complexity index is 1000. The van der Waals surface area contributed by atoms with E-state index in [2.05, 4.69) is 4.74 Å². The number of alkyl halides is 5. The van der Waals surface area contributed by atoms with E-state index in [9.17, 15) is 44.8 Å². The normalized spacial score (nSPS) is 16.6. The quantitative estimate of drug-likeness (QED) is 0.329. The van der Waals surface area contributed by atoms with Gasteiger partial charge in [0.25, 0.3) is 0 Å². The van der Waals surface area contributed by atoms with Crippen molar-refractivity contribution in [2.45, 2.75) is 42.9 Å². The van der Waals surface area contributed by atoms with Gasteiger partial charge < -0.3 is 4.74 Å². The molecular formula is C18H16ClF5O6S. The molecule has 0 bridgehead atoms. The van der Waals surface area contributed by atoms with Gasteiger partial charge in [-0.25, -0.2) is 8.42 Å². The second-order valence-electron chi connectivity index (χ2n) is 6.95. The fourth-order valence-corrected chi connectivity index (χ4v) is 4.28. The largest absolute Gasteiger partial charge is 0.455 e. The van der Waals surface area contributed by atoms with E-state index in [1.807, 2.05) is 0 Å². The first-order chi connectivity index (χ1) is 14.1. The van der Waals surface area contributed by atoms with Crippen molar-refractivity contribution in [3.8, 4) is 0 Å². The van der Waals surface area contributed by atoms with Gasteiger partial charge in [0.2, 0.25) is 0 Å². The first kappa shape index (κ1) is 25.3. The zero-order valence-electron chi connectivity index (χ0n) is 15.9. The maximum Gasteiger partial charge on any atom is 0.455 e. The van der Waals surface area contributed by atoms with Crippen molar-refractivity contribution in [3.63, 3.8) is 0 Å². The summed E-state index contributed by atoms with van der Waals surface area (Å²) >= 11 is 6.07. The van der Waals surface area contributed by atoms with Crippen LogP contribution in [0.3, 0.4) is 0 Å². The van der Waals surface area contributed by atoms with Crippen molar-refractivity contribution in [1.82, 2.24) is 0 Å². The molecule has 0 aromatic heterocycles. The average Bonchev–Trinajstić information content (AvgIpc) is 2.60. The van der Waals surface area contributed by atoms with Gasteiger partial charge >= 0.3 is 12.1 Å². The van der Waals surface area contributed by atoms with Gasteiger partial charge in [-0.3, -0.25) is 14.4 Å². The summed E-state index contributed by atoms with van der Waals surface area (Å²) in [6.45, 7) is -3.21. The van der Waals surface area contributed by atoms with Gasteiger partial charge in [-0.15, -0.1) is 0 Å². The first-order valence-corrected chi connectivity index (χ1v) is 11.0. The fraction of sp³-hybridized carbons (Fsp3) is 0.500. The van der Waals surface area contributed by atoms with Crippen molar-refractivity contribution in [3.05, 3.63) is 28.3 Å². The summed E-state index contributed by atoms with van der Waals surface area (Å²) in [6, 6.07) is 1.83. The zero-order valence-corrected chi connectivity index (χ0v) is 17.5. The lowest BCUT2D eigenvalue weighted by atomic mass is 9.81. The zero-order chi connectivity index (χ0) is 23.8. The van der Waals surface area contributed by atoms with Gasteiger partial charge in [0.05, 0.1) is 16.5 Å². The highest BCUT2D eigenvalue weighted by atomic mass is 35.5. The van der Waals surface area contributed by atoms with Crippen LogP contribution in [0, 0.1) is 5.92 Å². The summed E-state index contributed by atoms with van der Waals surface area (Å²) in [5.74, 6) is -9.15. The second kappa shape index (κ2) is 8.91. The number of hydrogen-bond donors (Lipinski definition) is 0. The number of hydrogen-bond acceptors (Lipinski definition) is 6. The van der Waals surface area contributed by atoms with E-state index in [-0.39, 0.29) is 19.3 Å². The van der Waals surface area contributed by atoms with Crippen LogP contribution in [-0.4, -0.2) is 50.7 Å². The molecule has 0 unspecified atom stereocenters. The lowest BCUT2D eigenvalue weighted by molar-refractivity contribution is -0.297. The van der Waals surface area contributed by atoms with Gasteiger partial charge in [-0.05, 0) is 18.6 Å². The third-order valence-electron chi connectivity index (χ3n) is 4.56. The molecule has 0 amide bonds. The number of sulfone groups is 1. The molecule has 13 heteroatoms. The summed E-state index contributed by atoms with van der Waals surface area (Å²) in [6.07, 6.45) is -4.94. The molecule has 0 radical (unpaired) electrons. The van der Waals surface area contributed by atoms with Crippen molar-refractivity contribution < 1.29 is 49.5 Å². The van der Waals surface area contributed by atoms with Crippen LogP contribution in [0.1, 0.15) is 35.2 Å². The topological polar surface area (TPSA) is 94.6 Å². The molecular weight excluding hydrogens is 475 g/mol.